The number of hydrogen-bond donors (Lipinski definition) is 1. The Bertz CT molecular complexity index is 287. The highest BCUT2D eigenvalue weighted by Crippen LogP contribution is 2.22. The molecule has 3 heteroatoms. The molecule has 0 radical (unpaired) electrons. The van der Waals surface area contributed by atoms with E-state index in [1.165, 1.54) is 37.9 Å². The minimum Gasteiger partial charge on any atom is -0.334 e. The monoisotopic (exact) mass is 207 g/mol. The van der Waals surface area contributed by atoms with E-state index in [1.54, 1.807) is 0 Å². The number of nitrogens with one attached hydrogen (secondary N) is 1. The highest BCUT2D eigenvalue weighted by molar-refractivity contribution is 5.08. The Morgan fingerprint density at radius 1 is 1.60 bits per heavy atom. The molecule has 84 valence electrons. The van der Waals surface area contributed by atoms with E-state index in [4.69, 9.17) is 0 Å². The van der Waals surface area contributed by atoms with Crippen LogP contribution in [0, 0.1) is 0 Å². The van der Waals surface area contributed by atoms with Gasteiger partial charge in [0.15, 0.2) is 0 Å². The number of nitrogens with zero attached hydrogens (tertiary/aromatic N) is 2. The number of hydrogen-bond acceptors (Lipinski definition) is 2. The van der Waals surface area contributed by atoms with Crippen molar-refractivity contribution in [2.24, 2.45) is 0 Å². The molecule has 0 aromatic carbocycles. The molecule has 1 fully saturated rings. The van der Waals surface area contributed by atoms with Crippen molar-refractivity contribution < 1.29 is 0 Å². The molecule has 1 saturated heterocycles. The fourth-order valence-corrected chi connectivity index (χ4v) is 2.29. The second kappa shape index (κ2) is 5.31. The van der Waals surface area contributed by atoms with E-state index >= 15 is 0 Å². The lowest BCUT2D eigenvalue weighted by Crippen LogP contribution is -2.29. The molecular weight excluding hydrogens is 186 g/mol. The van der Waals surface area contributed by atoms with Gasteiger partial charge in [0.05, 0.1) is 6.33 Å². The van der Waals surface area contributed by atoms with Gasteiger partial charge in [0, 0.05) is 30.9 Å². The van der Waals surface area contributed by atoms with Gasteiger partial charge in [-0.25, -0.2) is 4.98 Å². The summed E-state index contributed by atoms with van der Waals surface area (Å²) in [6.07, 6.45) is 9.14. The van der Waals surface area contributed by atoms with Gasteiger partial charge in [-0.1, -0.05) is 13.3 Å². The first kappa shape index (κ1) is 10.7. The Balaban J connectivity index is 2.02. The van der Waals surface area contributed by atoms with Crippen LogP contribution in [0.5, 0.6) is 0 Å². The van der Waals surface area contributed by atoms with Crippen molar-refractivity contribution in [2.75, 3.05) is 13.1 Å². The summed E-state index contributed by atoms with van der Waals surface area (Å²) in [5.41, 5.74) is 1.43. The molecule has 15 heavy (non-hydrogen) atoms. The van der Waals surface area contributed by atoms with Crippen LogP contribution < -0.4 is 5.32 Å². The number of imidazole rings is 1. The van der Waals surface area contributed by atoms with Crippen LogP contribution in [-0.2, 0) is 6.54 Å². The molecule has 1 aromatic rings. The average Bonchev–Trinajstić information content (AvgIpc) is 2.75. The van der Waals surface area contributed by atoms with Crippen molar-refractivity contribution in [1.82, 2.24) is 14.9 Å². The van der Waals surface area contributed by atoms with E-state index < -0.39 is 0 Å². The Hall–Kier alpha value is -0.830. The van der Waals surface area contributed by atoms with E-state index in [-0.39, 0.29) is 0 Å². The van der Waals surface area contributed by atoms with Crippen LogP contribution in [-0.4, -0.2) is 22.6 Å². The van der Waals surface area contributed by atoms with Gasteiger partial charge in [0.1, 0.15) is 0 Å². The highest BCUT2D eigenvalue weighted by Gasteiger charge is 2.18. The zero-order valence-corrected chi connectivity index (χ0v) is 9.58. The Kier molecular flexibility index (Phi) is 3.78. The molecule has 0 bridgehead atoms. The van der Waals surface area contributed by atoms with Crippen LogP contribution in [0.25, 0.3) is 0 Å². The van der Waals surface area contributed by atoms with E-state index in [1.807, 2.05) is 12.5 Å². The van der Waals surface area contributed by atoms with Crippen LogP contribution in [0.3, 0.4) is 0 Å². The smallest absolute Gasteiger partial charge is 0.0948 e. The molecule has 1 aliphatic rings. The minimum atomic E-state index is 0.679. The molecule has 0 spiro atoms. The van der Waals surface area contributed by atoms with E-state index in [0.717, 1.165) is 13.1 Å². The molecule has 3 nitrogen and oxygen atoms in total. The summed E-state index contributed by atoms with van der Waals surface area (Å²) in [6.45, 7) is 5.67. The van der Waals surface area contributed by atoms with Gasteiger partial charge in [-0.05, 0) is 25.8 Å². The SMILES string of the molecule is CCCCn1cncc1C1CCCNC1. The number of unbranched alkanes of at least 4 members (excludes halogenated alkanes) is 1. The van der Waals surface area contributed by atoms with Crippen molar-refractivity contribution in [3.05, 3.63) is 18.2 Å². The first-order valence-corrected chi connectivity index (χ1v) is 6.12. The predicted molar refractivity (Wildman–Crippen MR) is 62.0 cm³/mol. The second-order valence-electron chi connectivity index (χ2n) is 4.41. The quantitative estimate of drug-likeness (QED) is 0.820. The molecular formula is C12H21N3. The average molecular weight is 207 g/mol. The lowest BCUT2D eigenvalue weighted by Gasteiger charge is -2.23. The Labute approximate surface area is 91.9 Å². The summed E-state index contributed by atoms with van der Waals surface area (Å²) in [5.74, 6) is 0.679. The summed E-state index contributed by atoms with van der Waals surface area (Å²) < 4.78 is 2.33. The fourth-order valence-electron chi connectivity index (χ4n) is 2.29. The topological polar surface area (TPSA) is 29.9 Å². The molecule has 0 amide bonds. The van der Waals surface area contributed by atoms with Gasteiger partial charge in [0.25, 0.3) is 0 Å². The van der Waals surface area contributed by atoms with Crippen LogP contribution in [0.1, 0.15) is 44.2 Å². The van der Waals surface area contributed by atoms with Crippen molar-refractivity contribution in [2.45, 2.75) is 45.1 Å². The maximum absolute atomic E-state index is 4.29. The normalized spacial score (nSPS) is 21.8. The fraction of sp³-hybridized carbons (Fsp3) is 0.750. The van der Waals surface area contributed by atoms with E-state index in [2.05, 4.69) is 21.8 Å². The summed E-state index contributed by atoms with van der Waals surface area (Å²) in [4.78, 5) is 4.29. The first-order chi connectivity index (χ1) is 7.42. The van der Waals surface area contributed by atoms with E-state index in [9.17, 15) is 0 Å². The molecule has 0 saturated carbocycles. The van der Waals surface area contributed by atoms with Crippen LogP contribution >= 0.6 is 0 Å². The summed E-state index contributed by atoms with van der Waals surface area (Å²) in [6, 6.07) is 0. The van der Waals surface area contributed by atoms with E-state index in [0.29, 0.717) is 5.92 Å². The largest absolute Gasteiger partial charge is 0.334 e. The highest BCUT2D eigenvalue weighted by atomic mass is 15.1. The molecule has 2 heterocycles. The summed E-state index contributed by atoms with van der Waals surface area (Å²) in [5, 5.41) is 3.47. The molecule has 1 aromatic heterocycles. The Morgan fingerprint density at radius 3 is 3.27 bits per heavy atom. The maximum Gasteiger partial charge on any atom is 0.0948 e. The minimum absolute atomic E-state index is 0.679. The third-order valence-electron chi connectivity index (χ3n) is 3.21. The van der Waals surface area contributed by atoms with Crippen LogP contribution in [0.15, 0.2) is 12.5 Å². The van der Waals surface area contributed by atoms with Crippen molar-refractivity contribution in [3.63, 3.8) is 0 Å². The molecule has 1 atom stereocenters. The lowest BCUT2D eigenvalue weighted by atomic mass is 9.96. The number of aromatic nitrogens is 2. The predicted octanol–water partition coefficient (Wildman–Crippen LogP) is 2.15. The third kappa shape index (κ3) is 2.59. The van der Waals surface area contributed by atoms with Crippen LogP contribution in [0.4, 0.5) is 0 Å². The van der Waals surface area contributed by atoms with Gasteiger partial charge in [0.2, 0.25) is 0 Å². The van der Waals surface area contributed by atoms with Crippen LogP contribution in [0.2, 0.25) is 0 Å². The number of rotatable bonds is 4. The van der Waals surface area contributed by atoms with Gasteiger partial charge in [-0.3, -0.25) is 0 Å². The number of aryl methyl sites for hydroxylation is 1. The zero-order chi connectivity index (χ0) is 10.5. The second-order valence-corrected chi connectivity index (χ2v) is 4.41. The number of piperidine rings is 1. The maximum atomic E-state index is 4.29. The molecule has 2 rings (SSSR count). The van der Waals surface area contributed by atoms with Crippen molar-refractivity contribution in [3.8, 4) is 0 Å². The van der Waals surface area contributed by atoms with Gasteiger partial charge < -0.3 is 9.88 Å². The first-order valence-electron chi connectivity index (χ1n) is 6.12. The Morgan fingerprint density at radius 2 is 2.53 bits per heavy atom. The molecule has 0 aliphatic carbocycles. The lowest BCUT2D eigenvalue weighted by molar-refractivity contribution is 0.438. The zero-order valence-electron chi connectivity index (χ0n) is 9.58. The van der Waals surface area contributed by atoms with Crippen molar-refractivity contribution >= 4 is 0 Å². The molecule has 1 N–H and O–H groups in total. The van der Waals surface area contributed by atoms with Gasteiger partial charge in [-0.2, -0.15) is 0 Å². The molecule has 1 unspecified atom stereocenters. The van der Waals surface area contributed by atoms with Gasteiger partial charge in [-0.15, -0.1) is 0 Å². The molecule has 1 aliphatic heterocycles. The summed E-state index contributed by atoms with van der Waals surface area (Å²) in [7, 11) is 0. The van der Waals surface area contributed by atoms with Crippen molar-refractivity contribution in [1.29, 1.82) is 0 Å². The van der Waals surface area contributed by atoms with Gasteiger partial charge >= 0.3 is 0 Å². The third-order valence-corrected chi connectivity index (χ3v) is 3.21. The summed E-state index contributed by atoms with van der Waals surface area (Å²) >= 11 is 0. The standard InChI is InChI=1S/C12H21N3/c1-2-3-7-15-10-14-9-12(15)11-5-4-6-13-8-11/h9-11,13H,2-8H2,1H3.